The topological polar surface area (TPSA) is 55.1 Å². The molecule has 0 unspecified atom stereocenters. The summed E-state index contributed by atoms with van der Waals surface area (Å²) in [5.74, 6) is 0. The van der Waals surface area contributed by atoms with Crippen molar-refractivity contribution in [2.45, 2.75) is 20.4 Å². The first-order valence-corrected chi connectivity index (χ1v) is 4.19. The molecule has 3 N–H and O–H groups in total. The smallest absolute Gasteiger partial charge is 0.211 e. The number of hydrogen-bond donors (Lipinski definition) is 2. The summed E-state index contributed by atoms with van der Waals surface area (Å²) >= 11 is 0. The lowest BCUT2D eigenvalue weighted by Gasteiger charge is -2.10. The maximum absolute atomic E-state index is 10.3. The Balaban J connectivity index is 3.14. The number of carbonyl (C=O) groups is 1. The third-order valence-electron chi connectivity index (χ3n) is 2.03. The number of aryl methyl sites for hydroxylation is 2. The molecule has 1 amide bonds. The van der Waals surface area contributed by atoms with Crippen LogP contribution in [0.5, 0.6) is 0 Å². The number of benzene rings is 1. The highest BCUT2D eigenvalue weighted by molar-refractivity contribution is 5.75. The highest BCUT2D eigenvalue weighted by Gasteiger charge is 2.02. The Hall–Kier alpha value is -1.35. The molecule has 0 radical (unpaired) electrons. The Kier molecular flexibility index (Phi) is 3.03. The van der Waals surface area contributed by atoms with Gasteiger partial charge in [0.05, 0.1) is 0 Å². The Labute approximate surface area is 77.9 Å². The van der Waals surface area contributed by atoms with E-state index in [1.807, 2.05) is 26.0 Å². The van der Waals surface area contributed by atoms with Crippen molar-refractivity contribution in [3.63, 3.8) is 0 Å². The molecule has 1 rings (SSSR count). The Morgan fingerprint density at radius 2 is 1.92 bits per heavy atom. The van der Waals surface area contributed by atoms with Gasteiger partial charge in [-0.15, -0.1) is 0 Å². The van der Waals surface area contributed by atoms with Gasteiger partial charge >= 0.3 is 0 Å². The SMILES string of the molecule is Cc1cc(CN)cc(C)c1NC=O. The van der Waals surface area contributed by atoms with Gasteiger partial charge in [-0.3, -0.25) is 4.79 Å². The molecule has 0 saturated heterocycles. The maximum atomic E-state index is 10.3. The largest absolute Gasteiger partial charge is 0.328 e. The van der Waals surface area contributed by atoms with Crippen LogP contribution in [0.25, 0.3) is 0 Å². The molecule has 3 nitrogen and oxygen atoms in total. The number of amides is 1. The molecule has 0 aliphatic heterocycles. The van der Waals surface area contributed by atoms with Gasteiger partial charge in [-0.2, -0.15) is 0 Å². The zero-order valence-electron chi connectivity index (χ0n) is 7.92. The van der Waals surface area contributed by atoms with E-state index in [0.29, 0.717) is 13.0 Å². The van der Waals surface area contributed by atoms with Crippen LogP contribution >= 0.6 is 0 Å². The lowest BCUT2D eigenvalue weighted by atomic mass is 10.0. The van der Waals surface area contributed by atoms with Crippen molar-refractivity contribution >= 4 is 12.1 Å². The summed E-state index contributed by atoms with van der Waals surface area (Å²) in [7, 11) is 0. The van der Waals surface area contributed by atoms with Crippen molar-refractivity contribution in [1.82, 2.24) is 0 Å². The van der Waals surface area contributed by atoms with Crippen LogP contribution in [0.3, 0.4) is 0 Å². The quantitative estimate of drug-likeness (QED) is 0.686. The third kappa shape index (κ3) is 2.06. The van der Waals surface area contributed by atoms with Crippen LogP contribution in [0.15, 0.2) is 12.1 Å². The van der Waals surface area contributed by atoms with Crippen molar-refractivity contribution in [2.75, 3.05) is 5.32 Å². The molecule has 3 heteroatoms. The van der Waals surface area contributed by atoms with Gasteiger partial charge in [0.2, 0.25) is 6.41 Å². The van der Waals surface area contributed by atoms with Gasteiger partial charge < -0.3 is 11.1 Å². The molecular formula is C10H14N2O. The predicted molar refractivity (Wildman–Crippen MR) is 53.5 cm³/mol. The fraction of sp³-hybridized carbons (Fsp3) is 0.300. The van der Waals surface area contributed by atoms with E-state index >= 15 is 0 Å². The first-order valence-electron chi connectivity index (χ1n) is 4.19. The van der Waals surface area contributed by atoms with Gasteiger partial charge in [-0.1, -0.05) is 12.1 Å². The molecule has 0 aliphatic carbocycles. The van der Waals surface area contributed by atoms with Gasteiger partial charge in [0.1, 0.15) is 0 Å². The van der Waals surface area contributed by atoms with E-state index in [0.717, 1.165) is 22.4 Å². The van der Waals surface area contributed by atoms with Gasteiger partial charge in [-0.25, -0.2) is 0 Å². The molecule has 70 valence electrons. The average Bonchev–Trinajstić information content (AvgIpc) is 2.11. The molecule has 0 heterocycles. The summed E-state index contributed by atoms with van der Waals surface area (Å²) in [6.45, 7) is 4.44. The maximum Gasteiger partial charge on any atom is 0.211 e. The first-order chi connectivity index (χ1) is 6.19. The number of nitrogens with two attached hydrogens (primary N) is 1. The van der Waals surface area contributed by atoms with Crippen molar-refractivity contribution < 1.29 is 4.79 Å². The summed E-state index contributed by atoms with van der Waals surface area (Å²) in [6, 6.07) is 3.97. The molecule has 0 atom stereocenters. The fourth-order valence-electron chi connectivity index (χ4n) is 1.46. The standard InChI is InChI=1S/C10H14N2O/c1-7-3-9(5-11)4-8(2)10(7)12-6-13/h3-4,6H,5,11H2,1-2H3,(H,12,13). The molecule has 1 aromatic carbocycles. The van der Waals surface area contributed by atoms with Crippen LogP contribution in [-0.2, 0) is 11.3 Å². The lowest BCUT2D eigenvalue weighted by Crippen LogP contribution is -2.03. The zero-order valence-corrected chi connectivity index (χ0v) is 7.92. The fourth-order valence-corrected chi connectivity index (χ4v) is 1.46. The number of carbonyl (C=O) groups excluding carboxylic acids is 1. The summed E-state index contributed by atoms with van der Waals surface area (Å²) < 4.78 is 0. The highest BCUT2D eigenvalue weighted by atomic mass is 16.1. The minimum absolute atomic E-state index is 0.531. The number of nitrogens with one attached hydrogen (secondary N) is 1. The van der Waals surface area contributed by atoms with Crippen molar-refractivity contribution in [3.05, 3.63) is 28.8 Å². The second-order valence-electron chi connectivity index (χ2n) is 3.07. The summed E-state index contributed by atoms with van der Waals surface area (Å²) in [4.78, 5) is 10.3. The van der Waals surface area contributed by atoms with Gasteiger partial charge in [0.15, 0.2) is 0 Å². The van der Waals surface area contributed by atoms with Crippen LogP contribution in [0.4, 0.5) is 5.69 Å². The zero-order chi connectivity index (χ0) is 9.84. The monoisotopic (exact) mass is 178 g/mol. The van der Waals surface area contributed by atoms with Crippen molar-refractivity contribution in [2.24, 2.45) is 5.73 Å². The van der Waals surface area contributed by atoms with Crippen molar-refractivity contribution in [1.29, 1.82) is 0 Å². The molecule has 0 bridgehead atoms. The molecule has 1 aromatic rings. The Morgan fingerprint density at radius 1 is 1.38 bits per heavy atom. The van der Waals surface area contributed by atoms with Crippen LogP contribution in [0.1, 0.15) is 16.7 Å². The van der Waals surface area contributed by atoms with Crippen LogP contribution in [-0.4, -0.2) is 6.41 Å². The molecule has 0 fully saturated rings. The first kappa shape index (κ1) is 9.74. The number of anilines is 1. The Bertz CT molecular complexity index is 298. The molecule has 0 saturated carbocycles. The van der Waals surface area contributed by atoms with Gasteiger partial charge in [-0.05, 0) is 30.5 Å². The van der Waals surface area contributed by atoms with Crippen LogP contribution in [0.2, 0.25) is 0 Å². The van der Waals surface area contributed by atoms with E-state index < -0.39 is 0 Å². The van der Waals surface area contributed by atoms with E-state index in [-0.39, 0.29) is 0 Å². The third-order valence-corrected chi connectivity index (χ3v) is 2.03. The summed E-state index contributed by atoms with van der Waals surface area (Å²) in [5, 5.41) is 2.67. The van der Waals surface area contributed by atoms with Crippen LogP contribution in [0, 0.1) is 13.8 Å². The van der Waals surface area contributed by atoms with Gasteiger partial charge in [0, 0.05) is 12.2 Å². The summed E-state index contributed by atoms with van der Waals surface area (Å²) in [5.41, 5.74) is 9.59. The van der Waals surface area contributed by atoms with E-state index in [1.54, 1.807) is 0 Å². The second kappa shape index (κ2) is 4.05. The molecular weight excluding hydrogens is 164 g/mol. The molecule has 0 aromatic heterocycles. The normalized spacial score (nSPS) is 9.77. The molecule has 0 aliphatic rings. The molecule has 0 spiro atoms. The Morgan fingerprint density at radius 3 is 2.31 bits per heavy atom. The lowest BCUT2D eigenvalue weighted by molar-refractivity contribution is -0.105. The highest BCUT2D eigenvalue weighted by Crippen LogP contribution is 2.21. The predicted octanol–water partition coefficient (Wildman–Crippen LogP) is 1.33. The van der Waals surface area contributed by atoms with E-state index in [9.17, 15) is 4.79 Å². The number of rotatable bonds is 3. The summed E-state index contributed by atoms with van der Waals surface area (Å²) in [6.07, 6.45) is 0.692. The minimum Gasteiger partial charge on any atom is -0.328 e. The number of hydrogen-bond acceptors (Lipinski definition) is 2. The minimum atomic E-state index is 0.531. The van der Waals surface area contributed by atoms with Gasteiger partial charge in [0.25, 0.3) is 0 Å². The molecule has 13 heavy (non-hydrogen) atoms. The van der Waals surface area contributed by atoms with E-state index in [4.69, 9.17) is 5.73 Å². The van der Waals surface area contributed by atoms with E-state index in [1.165, 1.54) is 0 Å². The van der Waals surface area contributed by atoms with E-state index in [2.05, 4.69) is 5.32 Å². The second-order valence-corrected chi connectivity index (χ2v) is 3.07. The van der Waals surface area contributed by atoms with Crippen LogP contribution < -0.4 is 11.1 Å². The van der Waals surface area contributed by atoms with Crippen molar-refractivity contribution in [3.8, 4) is 0 Å². The average molecular weight is 178 g/mol.